The molecule has 2 heterocycles. The van der Waals surface area contributed by atoms with Crippen molar-refractivity contribution in [1.29, 1.82) is 0 Å². The van der Waals surface area contributed by atoms with E-state index < -0.39 is 11.6 Å². The molecule has 2 aliphatic rings. The summed E-state index contributed by atoms with van der Waals surface area (Å²) < 4.78 is 4.57. The lowest BCUT2D eigenvalue weighted by Gasteiger charge is -2.28. The molecule has 2 saturated heterocycles. The average Bonchev–Trinajstić information content (AvgIpc) is 2.62. The van der Waals surface area contributed by atoms with Gasteiger partial charge in [-0.2, -0.15) is 0 Å². The van der Waals surface area contributed by atoms with Gasteiger partial charge in [-0.15, -0.1) is 0 Å². The number of aliphatic hydroxyl groups is 1. The fourth-order valence-corrected chi connectivity index (χ4v) is 2.24. The van der Waals surface area contributed by atoms with Crippen LogP contribution in [0, 0.1) is 5.92 Å². The van der Waals surface area contributed by atoms with Gasteiger partial charge in [-0.3, -0.25) is 4.90 Å². The first kappa shape index (κ1) is 8.01. The molecule has 2 aliphatic heterocycles. The van der Waals surface area contributed by atoms with Gasteiger partial charge < -0.3 is 9.84 Å². The van der Waals surface area contributed by atoms with E-state index in [2.05, 4.69) is 9.64 Å². The molecule has 2 fully saturated rings. The van der Waals surface area contributed by atoms with Crippen LogP contribution in [0.1, 0.15) is 6.42 Å². The zero-order chi connectivity index (χ0) is 8.77. The van der Waals surface area contributed by atoms with Crippen molar-refractivity contribution in [2.24, 2.45) is 5.92 Å². The number of hydrogen-bond acceptors (Lipinski definition) is 4. The van der Waals surface area contributed by atoms with E-state index in [1.807, 2.05) is 0 Å². The average molecular weight is 171 g/mol. The van der Waals surface area contributed by atoms with Crippen LogP contribution >= 0.6 is 0 Å². The van der Waals surface area contributed by atoms with E-state index in [0.29, 0.717) is 6.54 Å². The summed E-state index contributed by atoms with van der Waals surface area (Å²) in [7, 11) is 1.32. The van der Waals surface area contributed by atoms with Crippen molar-refractivity contribution in [2.45, 2.75) is 12.0 Å². The number of fused-ring (bicyclic) bond motifs is 2. The van der Waals surface area contributed by atoms with Gasteiger partial charge in [0.1, 0.15) is 0 Å². The Balaban J connectivity index is 2.17. The lowest BCUT2D eigenvalue weighted by Crippen LogP contribution is -2.49. The minimum Gasteiger partial charge on any atom is -0.467 e. The largest absolute Gasteiger partial charge is 0.467 e. The van der Waals surface area contributed by atoms with Crippen LogP contribution in [0.25, 0.3) is 0 Å². The first-order chi connectivity index (χ1) is 5.66. The molecule has 2 bridgehead atoms. The van der Waals surface area contributed by atoms with E-state index in [-0.39, 0.29) is 5.92 Å². The van der Waals surface area contributed by atoms with Gasteiger partial charge in [0.25, 0.3) is 0 Å². The summed E-state index contributed by atoms with van der Waals surface area (Å²) in [4.78, 5) is 13.3. The Morgan fingerprint density at radius 2 is 2.50 bits per heavy atom. The van der Waals surface area contributed by atoms with E-state index in [1.54, 1.807) is 0 Å². The van der Waals surface area contributed by atoms with Crippen LogP contribution in [0.5, 0.6) is 0 Å². The summed E-state index contributed by atoms with van der Waals surface area (Å²) >= 11 is 0. The second-order valence-corrected chi connectivity index (χ2v) is 3.64. The number of ether oxygens (including phenoxy) is 1. The molecule has 3 atom stereocenters. The van der Waals surface area contributed by atoms with E-state index >= 15 is 0 Å². The number of carbonyl (C=O) groups is 1. The first-order valence-corrected chi connectivity index (χ1v) is 4.20. The van der Waals surface area contributed by atoms with Gasteiger partial charge in [0.15, 0.2) is 5.60 Å². The Hall–Kier alpha value is -0.610. The summed E-state index contributed by atoms with van der Waals surface area (Å²) in [5.74, 6) is -0.389. The van der Waals surface area contributed by atoms with E-state index in [4.69, 9.17) is 0 Å². The van der Waals surface area contributed by atoms with Crippen molar-refractivity contribution in [3.05, 3.63) is 0 Å². The summed E-state index contributed by atoms with van der Waals surface area (Å²) in [5, 5.41) is 9.93. The third-order valence-electron chi connectivity index (χ3n) is 2.95. The highest BCUT2D eigenvalue weighted by atomic mass is 16.5. The maximum atomic E-state index is 11.2. The summed E-state index contributed by atoms with van der Waals surface area (Å²) in [5.41, 5.74) is -1.22. The molecule has 68 valence electrons. The molecular formula is C8H13NO3. The Kier molecular flexibility index (Phi) is 1.63. The molecular weight excluding hydrogens is 158 g/mol. The number of carbonyl (C=O) groups excluding carboxylic acids is 1. The van der Waals surface area contributed by atoms with Crippen molar-refractivity contribution in [3.63, 3.8) is 0 Å². The number of rotatable bonds is 1. The van der Waals surface area contributed by atoms with Crippen LogP contribution in [0.2, 0.25) is 0 Å². The molecule has 3 unspecified atom stereocenters. The molecule has 4 nitrogen and oxygen atoms in total. The van der Waals surface area contributed by atoms with E-state index in [9.17, 15) is 9.90 Å². The molecule has 0 aromatic heterocycles. The SMILES string of the molecule is COC(=O)C1(O)CN2CCC1C2. The molecule has 12 heavy (non-hydrogen) atoms. The minimum absolute atomic E-state index is 0.0879. The molecule has 0 aliphatic carbocycles. The number of piperidine rings is 1. The molecule has 4 heteroatoms. The fourth-order valence-electron chi connectivity index (χ4n) is 2.24. The molecule has 2 rings (SSSR count). The molecule has 0 amide bonds. The van der Waals surface area contributed by atoms with Crippen LogP contribution in [-0.4, -0.2) is 48.3 Å². The second kappa shape index (κ2) is 2.44. The number of methoxy groups -OCH3 is 1. The normalized spacial score (nSPS) is 44.8. The van der Waals surface area contributed by atoms with Crippen molar-refractivity contribution >= 4 is 5.97 Å². The maximum absolute atomic E-state index is 11.2. The number of esters is 1. The summed E-state index contributed by atoms with van der Waals surface area (Å²) in [6.45, 7) is 2.29. The van der Waals surface area contributed by atoms with E-state index in [1.165, 1.54) is 7.11 Å². The van der Waals surface area contributed by atoms with Gasteiger partial charge in [-0.05, 0) is 13.0 Å². The molecule has 0 aromatic rings. The minimum atomic E-state index is -1.22. The van der Waals surface area contributed by atoms with Crippen LogP contribution in [0.15, 0.2) is 0 Å². The second-order valence-electron chi connectivity index (χ2n) is 3.64. The van der Waals surface area contributed by atoms with Crippen LogP contribution < -0.4 is 0 Å². The zero-order valence-electron chi connectivity index (χ0n) is 7.12. The predicted molar refractivity (Wildman–Crippen MR) is 41.5 cm³/mol. The quantitative estimate of drug-likeness (QED) is 0.526. The Morgan fingerprint density at radius 1 is 1.75 bits per heavy atom. The predicted octanol–water partition coefficient (Wildman–Crippen LogP) is -0.774. The third kappa shape index (κ3) is 0.881. The molecule has 0 radical (unpaired) electrons. The first-order valence-electron chi connectivity index (χ1n) is 4.20. The van der Waals surface area contributed by atoms with Crippen molar-refractivity contribution in [2.75, 3.05) is 26.7 Å². The smallest absolute Gasteiger partial charge is 0.339 e. The third-order valence-corrected chi connectivity index (χ3v) is 2.95. The van der Waals surface area contributed by atoms with Crippen LogP contribution in [0.3, 0.4) is 0 Å². The standard InChI is InChI=1S/C8H13NO3/c1-12-7(10)8(11)5-9-3-2-6(8)4-9/h6,11H,2-5H2,1H3. The van der Waals surface area contributed by atoms with Gasteiger partial charge in [-0.25, -0.2) is 4.79 Å². The van der Waals surface area contributed by atoms with Gasteiger partial charge in [0.2, 0.25) is 0 Å². The van der Waals surface area contributed by atoms with Gasteiger partial charge in [-0.1, -0.05) is 0 Å². The van der Waals surface area contributed by atoms with Crippen molar-refractivity contribution < 1.29 is 14.6 Å². The molecule has 0 spiro atoms. The lowest BCUT2D eigenvalue weighted by atomic mass is 9.88. The number of hydrogen-bond donors (Lipinski definition) is 1. The maximum Gasteiger partial charge on any atom is 0.339 e. The van der Waals surface area contributed by atoms with Gasteiger partial charge >= 0.3 is 5.97 Å². The topological polar surface area (TPSA) is 49.8 Å². The Bertz CT molecular complexity index is 218. The lowest BCUT2D eigenvalue weighted by molar-refractivity contribution is -0.166. The Labute approximate surface area is 71.1 Å². The molecule has 0 saturated carbocycles. The fraction of sp³-hybridized carbons (Fsp3) is 0.875. The summed E-state index contributed by atoms with van der Waals surface area (Å²) in [6, 6.07) is 0. The highest BCUT2D eigenvalue weighted by Crippen LogP contribution is 2.36. The monoisotopic (exact) mass is 171 g/mol. The summed E-state index contributed by atoms with van der Waals surface area (Å²) in [6.07, 6.45) is 0.908. The zero-order valence-corrected chi connectivity index (χ0v) is 7.12. The van der Waals surface area contributed by atoms with Crippen molar-refractivity contribution in [1.82, 2.24) is 4.90 Å². The molecule has 0 aromatic carbocycles. The van der Waals surface area contributed by atoms with Crippen LogP contribution in [0.4, 0.5) is 0 Å². The van der Waals surface area contributed by atoms with Crippen LogP contribution in [-0.2, 0) is 9.53 Å². The molecule has 1 N–H and O–H groups in total. The highest BCUT2D eigenvalue weighted by Gasteiger charge is 2.54. The van der Waals surface area contributed by atoms with Crippen molar-refractivity contribution in [3.8, 4) is 0 Å². The van der Waals surface area contributed by atoms with Gasteiger partial charge in [0.05, 0.1) is 7.11 Å². The van der Waals surface area contributed by atoms with Gasteiger partial charge in [0, 0.05) is 19.0 Å². The van der Waals surface area contributed by atoms with E-state index in [0.717, 1.165) is 19.5 Å². The highest BCUT2D eigenvalue weighted by molar-refractivity contribution is 5.80. The number of nitrogens with zero attached hydrogens (tertiary/aromatic N) is 1. The Morgan fingerprint density at radius 3 is 2.92 bits per heavy atom.